The zero-order valence-corrected chi connectivity index (χ0v) is 19.3. The largest absolute Gasteiger partial charge is 0.356 e. The maximum atomic E-state index is 5.80. The summed E-state index contributed by atoms with van der Waals surface area (Å²) in [4.78, 5) is 0. The Bertz CT molecular complexity index is 751. The van der Waals surface area contributed by atoms with Crippen molar-refractivity contribution in [3.8, 4) is 12.3 Å². The van der Waals surface area contributed by atoms with Gasteiger partial charge in [-0.2, -0.15) is 0 Å². The van der Waals surface area contributed by atoms with Gasteiger partial charge in [0.25, 0.3) is 0 Å². The summed E-state index contributed by atoms with van der Waals surface area (Å²) < 4.78 is 0. The zero-order valence-electron chi connectivity index (χ0n) is 19.3. The molecule has 0 aliphatic carbocycles. The van der Waals surface area contributed by atoms with Crippen molar-refractivity contribution in [3.63, 3.8) is 0 Å². The van der Waals surface area contributed by atoms with Crippen LogP contribution in [0.3, 0.4) is 0 Å². The normalized spacial score (nSPS) is 13.1. The van der Waals surface area contributed by atoms with Gasteiger partial charge in [0.1, 0.15) is 0 Å². The summed E-state index contributed by atoms with van der Waals surface area (Å²) in [6.07, 6.45) is 14.9. The first-order valence-electron chi connectivity index (χ1n) is 10.7. The monoisotopic (exact) mass is 392 g/mol. The fourth-order valence-electron chi connectivity index (χ4n) is 3.16. The summed E-state index contributed by atoms with van der Waals surface area (Å²) in [5.74, 6) is 3.17. The molecule has 0 aliphatic heterocycles. The van der Waals surface area contributed by atoms with E-state index in [-0.39, 0.29) is 0 Å². The van der Waals surface area contributed by atoms with Crippen LogP contribution >= 0.6 is 0 Å². The van der Waals surface area contributed by atoms with E-state index in [1.807, 2.05) is 39.8 Å². The van der Waals surface area contributed by atoms with Gasteiger partial charge >= 0.3 is 0 Å². The molecular weight excluding hydrogens is 352 g/mol. The van der Waals surface area contributed by atoms with Crippen LogP contribution in [-0.2, 0) is 0 Å². The fourth-order valence-corrected chi connectivity index (χ4v) is 3.16. The summed E-state index contributed by atoms with van der Waals surface area (Å²) in [5, 5.41) is 3.41. The lowest BCUT2D eigenvalue weighted by Crippen LogP contribution is -2.08. The van der Waals surface area contributed by atoms with Crippen molar-refractivity contribution >= 4 is 5.69 Å². The van der Waals surface area contributed by atoms with E-state index in [9.17, 15) is 0 Å². The molecule has 1 atom stereocenters. The zero-order chi connectivity index (χ0) is 22.2. The van der Waals surface area contributed by atoms with Gasteiger partial charge in [0.05, 0.1) is 0 Å². The maximum Gasteiger partial charge on any atom is 0.0386 e. The second kappa shape index (κ2) is 15.4. The summed E-state index contributed by atoms with van der Waals surface area (Å²) in [6.45, 7) is 17.1. The van der Waals surface area contributed by atoms with Crippen LogP contribution in [0.2, 0.25) is 0 Å². The molecule has 29 heavy (non-hydrogen) atoms. The van der Waals surface area contributed by atoms with Gasteiger partial charge in [-0.05, 0) is 92.6 Å². The third kappa shape index (κ3) is 10.0. The molecule has 2 heteroatoms. The SMILES string of the molecule is C#C/C(C)=C/C(=C/C)C(/C)=C\C(=C)Nc1cccc(C(CCC)CCN)c1.CC. The smallest absolute Gasteiger partial charge is 0.0386 e. The van der Waals surface area contributed by atoms with Crippen molar-refractivity contribution in [2.45, 2.75) is 66.7 Å². The molecule has 1 rings (SSSR count). The van der Waals surface area contributed by atoms with Crippen LogP contribution in [0.4, 0.5) is 5.69 Å². The number of benzene rings is 1. The first-order valence-corrected chi connectivity index (χ1v) is 10.7. The van der Waals surface area contributed by atoms with Crippen LogP contribution in [0.25, 0.3) is 0 Å². The third-order valence-corrected chi connectivity index (χ3v) is 4.57. The van der Waals surface area contributed by atoms with Gasteiger partial charge in [-0.1, -0.05) is 57.9 Å². The lowest BCUT2D eigenvalue weighted by atomic mass is 9.91. The van der Waals surface area contributed by atoms with E-state index in [1.54, 1.807) is 0 Å². The summed E-state index contributed by atoms with van der Waals surface area (Å²) in [7, 11) is 0. The Labute approximate surface area is 179 Å². The van der Waals surface area contributed by atoms with Crippen LogP contribution < -0.4 is 11.1 Å². The molecule has 0 fully saturated rings. The van der Waals surface area contributed by atoms with Crippen molar-refractivity contribution < 1.29 is 0 Å². The van der Waals surface area contributed by atoms with Crippen molar-refractivity contribution in [2.24, 2.45) is 5.73 Å². The molecule has 1 aromatic rings. The highest BCUT2D eigenvalue weighted by atomic mass is 14.9. The van der Waals surface area contributed by atoms with Crippen LogP contribution in [-0.4, -0.2) is 6.54 Å². The summed E-state index contributed by atoms with van der Waals surface area (Å²) in [6, 6.07) is 8.57. The number of nitrogens with two attached hydrogens (primary N) is 1. The predicted octanol–water partition coefficient (Wildman–Crippen LogP) is 7.34. The van der Waals surface area contributed by atoms with Gasteiger partial charge in [0, 0.05) is 11.4 Å². The Balaban J connectivity index is 0.00000379. The molecule has 0 spiro atoms. The molecule has 2 nitrogen and oxygen atoms in total. The van der Waals surface area contributed by atoms with Crippen LogP contribution in [0.15, 0.2) is 71.5 Å². The minimum atomic E-state index is 0.513. The van der Waals surface area contributed by atoms with E-state index in [2.05, 4.69) is 62.0 Å². The third-order valence-electron chi connectivity index (χ3n) is 4.57. The van der Waals surface area contributed by atoms with E-state index < -0.39 is 0 Å². The number of rotatable bonds is 10. The fraction of sp³-hybridized carbons (Fsp3) is 0.407. The topological polar surface area (TPSA) is 38.0 Å². The van der Waals surface area contributed by atoms with Gasteiger partial charge in [-0.25, -0.2) is 0 Å². The van der Waals surface area contributed by atoms with Crippen LogP contribution in [0.1, 0.15) is 72.3 Å². The number of terminal acetylenes is 1. The van der Waals surface area contributed by atoms with Crippen molar-refractivity contribution in [2.75, 3.05) is 11.9 Å². The van der Waals surface area contributed by atoms with E-state index >= 15 is 0 Å². The highest BCUT2D eigenvalue weighted by molar-refractivity contribution is 5.54. The molecular formula is C27H40N2. The predicted molar refractivity (Wildman–Crippen MR) is 132 cm³/mol. The molecule has 0 radical (unpaired) electrons. The summed E-state index contributed by atoms with van der Waals surface area (Å²) in [5.41, 5.74) is 12.2. The molecule has 0 saturated carbocycles. The van der Waals surface area contributed by atoms with Crippen molar-refractivity contribution in [1.29, 1.82) is 0 Å². The van der Waals surface area contributed by atoms with Gasteiger partial charge in [-0.15, -0.1) is 6.42 Å². The highest BCUT2D eigenvalue weighted by Crippen LogP contribution is 2.27. The number of hydrogen-bond acceptors (Lipinski definition) is 2. The van der Waals surface area contributed by atoms with Gasteiger partial charge in [-0.3, -0.25) is 0 Å². The first kappa shape index (κ1) is 26.5. The molecule has 0 amide bonds. The Kier molecular flexibility index (Phi) is 14.1. The number of allylic oxidation sites excluding steroid dienone is 6. The van der Waals surface area contributed by atoms with Crippen LogP contribution in [0, 0.1) is 12.3 Å². The molecule has 158 valence electrons. The summed E-state index contributed by atoms with van der Waals surface area (Å²) >= 11 is 0. The lowest BCUT2D eigenvalue weighted by Gasteiger charge is -2.17. The molecule has 0 bridgehead atoms. The van der Waals surface area contributed by atoms with E-state index in [1.165, 1.54) is 5.56 Å². The standard InChI is InChI=1S/C25H34N2.C2H6/c1-7-11-23(14-15-26)24-12-10-13-25(18-24)27-21(6)17-20(5)22(9-3)16-19(4)8-2;1-2/h2,9-10,12-13,16-18,23,27H,6-7,11,14-15,26H2,1,3-5H3;1-2H3/b19-16+,20-17-,22-9-;. The molecule has 0 aliphatic rings. The van der Waals surface area contributed by atoms with E-state index in [0.717, 1.165) is 47.4 Å². The second-order valence-corrected chi connectivity index (χ2v) is 6.88. The Hall–Kier alpha value is -2.50. The van der Waals surface area contributed by atoms with Gasteiger partial charge < -0.3 is 11.1 Å². The molecule has 0 saturated heterocycles. The first-order chi connectivity index (χ1) is 13.9. The minimum Gasteiger partial charge on any atom is -0.356 e. The van der Waals surface area contributed by atoms with Gasteiger partial charge in [0.15, 0.2) is 0 Å². The Morgan fingerprint density at radius 2 is 1.93 bits per heavy atom. The minimum absolute atomic E-state index is 0.513. The molecule has 0 aromatic heterocycles. The average molecular weight is 393 g/mol. The molecule has 1 unspecified atom stereocenters. The van der Waals surface area contributed by atoms with Crippen LogP contribution in [0.5, 0.6) is 0 Å². The number of anilines is 1. The highest BCUT2D eigenvalue weighted by Gasteiger charge is 2.10. The lowest BCUT2D eigenvalue weighted by molar-refractivity contribution is 0.576. The average Bonchev–Trinajstić information content (AvgIpc) is 2.73. The quantitative estimate of drug-likeness (QED) is 0.323. The Morgan fingerprint density at radius 3 is 2.48 bits per heavy atom. The second-order valence-electron chi connectivity index (χ2n) is 6.88. The van der Waals surface area contributed by atoms with Crippen molar-refractivity contribution in [1.82, 2.24) is 0 Å². The molecule has 0 heterocycles. The molecule has 3 N–H and O–H groups in total. The van der Waals surface area contributed by atoms with E-state index in [4.69, 9.17) is 12.2 Å². The molecule has 1 aromatic carbocycles. The maximum absolute atomic E-state index is 5.80. The van der Waals surface area contributed by atoms with E-state index in [0.29, 0.717) is 12.5 Å². The van der Waals surface area contributed by atoms with Crippen molar-refractivity contribution in [3.05, 3.63) is 77.1 Å². The number of hydrogen-bond donors (Lipinski definition) is 2. The Morgan fingerprint density at radius 1 is 1.24 bits per heavy atom. The van der Waals surface area contributed by atoms with Gasteiger partial charge in [0.2, 0.25) is 0 Å². The number of nitrogens with one attached hydrogen (secondary N) is 1.